The van der Waals surface area contributed by atoms with E-state index in [4.69, 9.17) is 27.7 Å². The van der Waals surface area contributed by atoms with Crippen LogP contribution in [0.4, 0.5) is 0 Å². The summed E-state index contributed by atoms with van der Waals surface area (Å²) in [7, 11) is 0. The molecule has 0 aliphatic heterocycles. The normalized spacial score (nSPS) is 18.5. The Morgan fingerprint density at radius 2 is 0.898 bits per heavy atom. The number of hydrogen-bond acceptors (Lipinski definition) is 1. The Morgan fingerprint density at radius 1 is 0.347 bits per heavy atom. The van der Waals surface area contributed by atoms with E-state index < -0.39 is 189 Å². The molecule has 0 fully saturated rings. The van der Waals surface area contributed by atoms with Crippen LogP contribution >= 0.6 is 0 Å². The van der Waals surface area contributed by atoms with Crippen molar-refractivity contribution in [1.29, 1.82) is 0 Å². The zero-order chi connectivity index (χ0) is 53.2. The molecule has 0 radical (unpaired) electrons. The Bertz CT molecular complexity index is 4120. The van der Waals surface area contributed by atoms with Crippen molar-refractivity contribution in [3.8, 4) is 44.5 Å². The van der Waals surface area contributed by atoms with E-state index in [0.717, 1.165) is 0 Å². The molecular weight excluding hydrogens is 593 g/mol. The molecule has 0 N–H and O–H groups in total. The van der Waals surface area contributed by atoms with Crippen molar-refractivity contribution in [3.63, 3.8) is 0 Å². The molecule has 0 aliphatic rings. The van der Waals surface area contributed by atoms with Gasteiger partial charge in [-0.1, -0.05) is 169 Å². The van der Waals surface area contributed by atoms with Gasteiger partial charge in [0.2, 0.25) is 0 Å². The first-order valence-electron chi connectivity index (χ1n) is 26.9. The Hall–Kier alpha value is -6.44. The predicted octanol–water partition coefficient (Wildman–Crippen LogP) is 13.7. The fourth-order valence-electron chi connectivity index (χ4n) is 6.36. The SMILES string of the molecule is [2H]c1c([2H])c([2H])c(-c2c([2H])c([2H])c([2H])c3c2oc2c([2H])c([2H])c(-c4ccc(-c5c6c([2H])c([2H])c([2H])c([2H])c6c(-c6c([2H])c([2H])c([2H])c([2H])c6[2H])c6c([2H])c([2H])c([2H])c([2H])c56)c5ccccc45)c([2H])c23)c([2H])c1[2H]. The average molecular weight is 647 g/mol. The molecule has 228 valence electrons. The highest BCUT2D eigenvalue weighted by Crippen LogP contribution is 2.47. The van der Waals surface area contributed by atoms with Crippen LogP contribution in [-0.2, 0) is 0 Å². The molecule has 0 aliphatic carbocycles. The molecule has 9 aromatic carbocycles. The summed E-state index contributed by atoms with van der Waals surface area (Å²) in [4.78, 5) is 0. The van der Waals surface area contributed by atoms with Crippen LogP contribution in [0, 0.1) is 0 Å². The summed E-state index contributed by atoms with van der Waals surface area (Å²) in [5.41, 5.74) is -3.19. The first kappa shape index (κ1) is 12.9. The van der Waals surface area contributed by atoms with Gasteiger partial charge in [0.25, 0.3) is 0 Å². The summed E-state index contributed by atoms with van der Waals surface area (Å²) in [6, 6.07) is -8.70. The van der Waals surface area contributed by atoms with Gasteiger partial charge >= 0.3 is 0 Å². The average Bonchev–Trinajstić information content (AvgIpc) is 3.78. The molecule has 0 saturated carbocycles. The fraction of sp³-hybridized carbons (Fsp3) is 0. The molecule has 0 atom stereocenters. The predicted molar refractivity (Wildman–Crippen MR) is 208 cm³/mol. The molecular formula is C48H30O. The lowest BCUT2D eigenvalue weighted by Crippen LogP contribution is -1.92. The number of hydrogen-bond donors (Lipinski definition) is 0. The minimum absolute atomic E-state index is 0.0783. The van der Waals surface area contributed by atoms with Gasteiger partial charge in [-0.05, 0) is 83.3 Å². The lowest BCUT2D eigenvalue weighted by molar-refractivity contribution is 0.670. The molecule has 0 bridgehead atoms. The van der Waals surface area contributed by atoms with Gasteiger partial charge in [-0.15, -0.1) is 0 Å². The smallest absolute Gasteiger partial charge is 0.143 e. The van der Waals surface area contributed by atoms with Crippen molar-refractivity contribution in [2.75, 3.05) is 0 Å². The van der Waals surface area contributed by atoms with Gasteiger partial charge < -0.3 is 4.42 Å². The molecule has 49 heavy (non-hydrogen) atoms. The molecule has 0 amide bonds. The minimum atomic E-state index is -0.820. The molecule has 1 heterocycles. The van der Waals surface area contributed by atoms with E-state index in [1.54, 1.807) is 24.3 Å². The van der Waals surface area contributed by atoms with Gasteiger partial charge in [0.1, 0.15) is 11.2 Å². The van der Waals surface area contributed by atoms with Crippen molar-refractivity contribution in [1.82, 2.24) is 0 Å². The van der Waals surface area contributed by atoms with Crippen LogP contribution in [0.25, 0.3) is 98.8 Å². The monoisotopic (exact) mass is 646 g/mol. The van der Waals surface area contributed by atoms with Crippen molar-refractivity contribution < 1.29 is 37.3 Å². The third-order valence-electron chi connectivity index (χ3n) is 8.40. The highest BCUT2D eigenvalue weighted by atomic mass is 16.3. The zero-order valence-corrected chi connectivity index (χ0v) is 24.9. The number of rotatable bonds is 4. The molecule has 0 saturated heterocycles. The van der Waals surface area contributed by atoms with Crippen LogP contribution < -0.4 is 0 Å². The Morgan fingerprint density at radius 3 is 1.57 bits per heavy atom. The van der Waals surface area contributed by atoms with E-state index in [-0.39, 0.29) is 54.6 Å². The van der Waals surface area contributed by atoms with E-state index in [0.29, 0.717) is 0 Å². The van der Waals surface area contributed by atoms with Gasteiger partial charge in [-0.25, -0.2) is 0 Å². The van der Waals surface area contributed by atoms with E-state index in [2.05, 4.69) is 0 Å². The van der Waals surface area contributed by atoms with Gasteiger partial charge in [-0.2, -0.15) is 0 Å². The number of fused-ring (bicyclic) bond motifs is 6. The first-order valence-corrected chi connectivity index (χ1v) is 14.9. The molecule has 0 unspecified atom stereocenters. The molecule has 1 aromatic heterocycles. The topological polar surface area (TPSA) is 13.1 Å². The Balaban J connectivity index is 1.37. The van der Waals surface area contributed by atoms with Crippen LogP contribution in [0.1, 0.15) is 32.9 Å². The largest absolute Gasteiger partial charge is 0.455 e. The highest BCUT2D eigenvalue weighted by molar-refractivity contribution is 6.24. The molecule has 10 aromatic rings. The van der Waals surface area contributed by atoms with Crippen LogP contribution in [0.3, 0.4) is 0 Å². The van der Waals surface area contributed by atoms with Crippen molar-refractivity contribution in [3.05, 3.63) is 181 Å². The molecule has 0 spiro atoms. The van der Waals surface area contributed by atoms with E-state index in [1.807, 2.05) is 0 Å². The molecule has 1 nitrogen and oxygen atoms in total. The Kier molecular flexibility index (Phi) is 2.91. The standard InChI is InChI=1S/C48H30O/c1-3-14-31(15-4-1)35-24-13-25-43-44-30-33(26-29-45(44)49-48(35)43)34-27-28-42(37-19-8-7-18-36(34)37)47-40-22-11-9-20-38(40)46(32-16-5-2-6-17-32)39-21-10-12-23-41(39)47/h1-30H/i1D,2D,3D,4D,5D,6D,9D,10D,11D,12D,13D,14D,15D,16D,17D,20D,21D,22D,23D,24D,25D,26D,29D,30D. The lowest BCUT2D eigenvalue weighted by Gasteiger charge is -2.19. The molecule has 10 rings (SSSR count). The second-order valence-corrected chi connectivity index (χ2v) is 11.0. The maximum absolute atomic E-state index is 9.72. The fourth-order valence-corrected chi connectivity index (χ4v) is 6.36. The summed E-state index contributed by atoms with van der Waals surface area (Å²) in [6.45, 7) is 0. The van der Waals surface area contributed by atoms with Crippen molar-refractivity contribution in [2.24, 2.45) is 0 Å². The van der Waals surface area contributed by atoms with Crippen LogP contribution in [0.15, 0.2) is 186 Å². The van der Waals surface area contributed by atoms with E-state index in [9.17, 15) is 9.60 Å². The highest BCUT2D eigenvalue weighted by Gasteiger charge is 2.19. The number of benzene rings is 9. The van der Waals surface area contributed by atoms with Gasteiger partial charge in [0, 0.05) is 16.3 Å². The lowest BCUT2D eigenvalue weighted by atomic mass is 9.84. The first-order chi connectivity index (χ1) is 34.3. The molecule has 1 heteroatoms. The summed E-state index contributed by atoms with van der Waals surface area (Å²) in [5, 5.41) is -1.73. The van der Waals surface area contributed by atoms with E-state index in [1.165, 1.54) is 12.1 Å². The van der Waals surface area contributed by atoms with Crippen LogP contribution in [-0.4, -0.2) is 0 Å². The zero-order valence-electron chi connectivity index (χ0n) is 48.9. The van der Waals surface area contributed by atoms with Crippen LogP contribution in [0.5, 0.6) is 0 Å². The summed E-state index contributed by atoms with van der Waals surface area (Å²) in [6.07, 6.45) is 0. The van der Waals surface area contributed by atoms with Gasteiger partial charge in [-0.3, -0.25) is 0 Å². The quantitative estimate of drug-likeness (QED) is 0.173. The summed E-state index contributed by atoms with van der Waals surface area (Å²) in [5.74, 6) is 0. The third-order valence-corrected chi connectivity index (χ3v) is 8.40. The van der Waals surface area contributed by atoms with E-state index >= 15 is 0 Å². The second kappa shape index (κ2) is 11.1. The maximum Gasteiger partial charge on any atom is 0.143 e. The summed E-state index contributed by atoms with van der Waals surface area (Å²) < 4.78 is 219. The number of furan rings is 1. The summed E-state index contributed by atoms with van der Waals surface area (Å²) >= 11 is 0. The number of para-hydroxylation sites is 1. The van der Waals surface area contributed by atoms with Crippen LogP contribution in [0.2, 0.25) is 0 Å². The van der Waals surface area contributed by atoms with Gasteiger partial charge in [0.05, 0.1) is 32.9 Å². The van der Waals surface area contributed by atoms with Crippen molar-refractivity contribution >= 4 is 54.3 Å². The minimum Gasteiger partial charge on any atom is -0.455 e. The van der Waals surface area contributed by atoms with Crippen molar-refractivity contribution in [2.45, 2.75) is 0 Å². The maximum atomic E-state index is 9.72. The second-order valence-electron chi connectivity index (χ2n) is 11.0. The van der Waals surface area contributed by atoms with Gasteiger partial charge in [0.15, 0.2) is 0 Å². The third kappa shape index (κ3) is 4.33. The Labute approximate surface area is 318 Å².